The van der Waals surface area contributed by atoms with Crippen molar-refractivity contribution in [2.24, 2.45) is 4.99 Å². The largest absolute Gasteiger partial charge is 0.357 e. The molecular formula is C19H27IN4OS. The zero-order chi connectivity index (χ0) is 17.9. The Morgan fingerprint density at radius 2 is 1.85 bits per heavy atom. The van der Waals surface area contributed by atoms with E-state index in [-0.39, 0.29) is 29.5 Å². The number of halogens is 1. The summed E-state index contributed by atoms with van der Waals surface area (Å²) in [5, 5.41) is 6.58. The van der Waals surface area contributed by atoms with Crippen LogP contribution in [0.4, 0.5) is 0 Å². The van der Waals surface area contributed by atoms with Gasteiger partial charge in [-0.05, 0) is 30.4 Å². The monoisotopic (exact) mass is 486 g/mol. The zero-order valence-corrected chi connectivity index (χ0v) is 18.4. The van der Waals surface area contributed by atoms with Gasteiger partial charge in [0.05, 0.1) is 13.1 Å². The number of nitrogens with zero attached hydrogens (tertiary/aromatic N) is 2. The summed E-state index contributed by atoms with van der Waals surface area (Å²) in [5.74, 6) is 1.90. The molecule has 0 aliphatic heterocycles. The second-order valence-corrected chi connectivity index (χ2v) is 6.58. The van der Waals surface area contributed by atoms with E-state index in [0.717, 1.165) is 35.9 Å². The zero-order valence-electron chi connectivity index (χ0n) is 15.3. The first kappa shape index (κ1) is 22.6. The van der Waals surface area contributed by atoms with E-state index in [2.05, 4.69) is 53.1 Å². The fourth-order valence-electron chi connectivity index (χ4n) is 2.32. The van der Waals surface area contributed by atoms with Crippen molar-refractivity contribution in [1.82, 2.24) is 15.2 Å². The van der Waals surface area contributed by atoms with Crippen molar-refractivity contribution >= 4 is 41.7 Å². The van der Waals surface area contributed by atoms with Crippen LogP contribution in [0.15, 0.2) is 58.4 Å². The number of pyridine rings is 1. The summed E-state index contributed by atoms with van der Waals surface area (Å²) in [5.41, 5.74) is 2.26. The maximum atomic E-state index is 11.8. The topological polar surface area (TPSA) is 58.4 Å². The van der Waals surface area contributed by atoms with Crippen molar-refractivity contribution in [3.63, 3.8) is 0 Å². The first-order valence-electron chi connectivity index (χ1n) is 8.47. The van der Waals surface area contributed by atoms with Gasteiger partial charge in [0.15, 0.2) is 5.96 Å². The molecule has 0 unspecified atom stereocenters. The van der Waals surface area contributed by atoms with Gasteiger partial charge in [-0.25, -0.2) is 4.99 Å². The van der Waals surface area contributed by atoms with E-state index in [4.69, 9.17) is 0 Å². The van der Waals surface area contributed by atoms with Crippen molar-refractivity contribution in [2.45, 2.75) is 20.0 Å². The van der Waals surface area contributed by atoms with E-state index in [9.17, 15) is 4.79 Å². The first-order valence-corrected chi connectivity index (χ1v) is 9.86. The molecule has 0 atom stereocenters. The van der Waals surface area contributed by atoms with Crippen LogP contribution >= 0.6 is 35.7 Å². The van der Waals surface area contributed by atoms with Crippen molar-refractivity contribution in [3.8, 4) is 0 Å². The highest BCUT2D eigenvalue weighted by Crippen LogP contribution is 2.07. The van der Waals surface area contributed by atoms with E-state index < -0.39 is 0 Å². The lowest BCUT2D eigenvalue weighted by Crippen LogP contribution is -2.38. The standard InChI is InChI=1S/C19H26N4OS.HI/c1-3-20-19(21-11-13-25-2)22-14-16-7-9-17(10-8-16)15-23-12-5-4-6-18(23)24;/h4-10,12H,3,11,13-15H2,1-2H3,(H2,20,21,22);1H. The fraction of sp³-hybridized carbons (Fsp3) is 0.368. The molecule has 1 heterocycles. The Kier molecular flexibility index (Phi) is 11.1. The van der Waals surface area contributed by atoms with E-state index in [0.29, 0.717) is 13.1 Å². The SMILES string of the molecule is CCNC(=NCc1ccc(Cn2ccccc2=O)cc1)NCCSC.I. The number of guanidine groups is 1. The number of thioether (sulfide) groups is 1. The summed E-state index contributed by atoms with van der Waals surface area (Å²) in [7, 11) is 0. The van der Waals surface area contributed by atoms with Crippen LogP contribution in [0.1, 0.15) is 18.1 Å². The highest BCUT2D eigenvalue weighted by molar-refractivity contribution is 14.0. The molecular weight excluding hydrogens is 459 g/mol. The molecule has 0 saturated heterocycles. The first-order chi connectivity index (χ1) is 12.2. The van der Waals surface area contributed by atoms with E-state index in [1.165, 1.54) is 0 Å². The average molecular weight is 486 g/mol. The Hall–Kier alpha value is -1.48. The molecule has 0 amide bonds. The van der Waals surface area contributed by atoms with Gasteiger partial charge < -0.3 is 15.2 Å². The number of hydrogen-bond acceptors (Lipinski definition) is 3. The average Bonchev–Trinajstić information content (AvgIpc) is 2.63. The van der Waals surface area contributed by atoms with Crippen LogP contribution in [0.25, 0.3) is 0 Å². The molecule has 0 radical (unpaired) electrons. The molecule has 2 N–H and O–H groups in total. The lowest BCUT2D eigenvalue weighted by molar-refractivity contribution is 0.759. The third kappa shape index (κ3) is 7.82. The molecule has 0 aliphatic carbocycles. The Labute approximate surface area is 176 Å². The molecule has 26 heavy (non-hydrogen) atoms. The normalized spacial score (nSPS) is 10.9. The smallest absolute Gasteiger partial charge is 0.250 e. The minimum Gasteiger partial charge on any atom is -0.357 e. The summed E-state index contributed by atoms with van der Waals surface area (Å²) in [6, 6.07) is 13.5. The summed E-state index contributed by atoms with van der Waals surface area (Å²) >= 11 is 1.81. The number of aromatic nitrogens is 1. The summed E-state index contributed by atoms with van der Waals surface area (Å²) in [4.78, 5) is 16.4. The van der Waals surface area contributed by atoms with Crippen LogP contribution < -0.4 is 16.2 Å². The van der Waals surface area contributed by atoms with Crippen LogP contribution in [-0.4, -0.2) is 35.6 Å². The van der Waals surface area contributed by atoms with Crippen LogP contribution in [-0.2, 0) is 13.1 Å². The lowest BCUT2D eigenvalue weighted by atomic mass is 10.1. The predicted octanol–water partition coefficient (Wildman–Crippen LogP) is 2.93. The minimum absolute atomic E-state index is 0. The van der Waals surface area contributed by atoms with E-state index in [1.54, 1.807) is 16.7 Å². The van der Waals surface area contributed by atoms with Crippen molar-refractivity contribution < 1.29 is 0 Å². The maximum absolute atomic E-state index is 11.8. The van der Waals surface area contributed by atoms with Crippen LogP contribution in [0.5, 0.6) is 0 Å². The van der Waals surface area contributed by atoms with Gasteiger partial charge in [-0.15, -0.1) is 24.0 Å². The second-order valence-electron chi connectivity index (χ2n) is 5.60. The number of benzene rings is 1. The van der Waals surface area contributed by atoms with Crippen molar-refractivity contribution in [2.75, 3.05) is 25.1 Å². The van der Waals surface area contributed by atoms with Crippen LogP contribution in [0.2, 0.25) is 0 Å². The molecule has 0 fully saturated rings. The number of rotatable bonds is 8. The molecule has 0 saturated carbocycles. The Morgan fingerprint density at radius 3 is 2.50 bits per heavy atom. The highest BCUT2D eigenvalue weighted by Gasteiger charge is 2.00. The Balaban J connectivity index is 0.00000338. The summed E-state index contributed by atoms with van der Waals surface area (Å²) < 4.78 is 1.70. The van der Waals surface area contributed by atoms with Gasteiger partial charge in [-0.3, -0.25) is 4.79 Å². The van der Waals surface area contributed by atoms with Gasteiger partial charge in [0, 0.05) is 31.1 Å². The van der Waals surface area contributed by atoms with Gasteiger partial charge >= 0.3 is 0 Å². The third-order valence-corrected chi connectivity index (χ3v) is 4.25. The Morgan fingerprint density at radius 1 is 1.12 bits per heavy atom. The second kappa shape index (κ2) is 12.8. The van der Waals surface area contributed by atoms with Gasteiger partial charge in [0.2, 0.25) is 0 Å². The number of aliphatic imine (C=N–C) groups is 1. The lowest BCUT2D eigenvalue weighted by Gasteiger charge is -2.11. The van der Waals surface area contributed by atoms with E-state index in [1.807, 2.05) is 24.0 Å². The van der Waals surface area contributed by atoms with Crippen LogP contribution in [0, 0.1) is 0 Å². The Bertz CT molecular complexity index is 731. The van der Waals surface area contributed by atoms with Gasteiger partial charge in [0.1, 0.15) is 0 Å². The molecule has 2 rings (SSSR count). The van der Waals surface area contributed by atoms with Gasteiger partial charge in [-0.1, -0.05) is 30.3 Å². The molecule has 2 aromatic rings. The van der Waals surface area contributed by atoms with Gasteiger partial charge in [-0.2, -0.15) is 11.8 Å². The molecule has 5 nitrogen and oxygen atoms in total. The predicted molar refractivity (Wildman–Crippen MR) is 123 cm³/mol. The molecule has 1 aromatic carbocycles. The van der Waals surface area contributed by atoms with Gasteiger partial charge in [0.25, 0.3) is 5.56 Å². The summed E-state index contributed by atoms with van der Waals surface area (Å²) in [6.45, 7) is 5.02. The molecule has 1 aromatic heterocycles. The van der Waals surface area contributed by atoms with Crippen molar-refractivity contribution in [1.29, 1.82) is 0 Å². The number of nitrogens with one attached hydrogen (secondary N) is 2. The van der Waals surface area contributed by atoms with Crippen molar-refractivity contribution in [3.05, 3.63) is 70.1 Å². The third-order valence-electron chi connectivity index (χ3n) is 3.64. The maximum Gasteiger partial charge on any atom is 0.250 e. The fourth-order valence-corrected chi connectivity index (χ4v) is 2.63. The molecule has 0 bridgehead atoms. The minimum atomic E-state index is 0. The quantitative estimate of drug-likeness (QED) is 0.261. The van der Waals surface area contributed by atoms with E-state index >= 15 is 0 Å². The molecule has 0 spiro atoms. The molecule has 7 heteroatoms. The molecule has 0 aliphatic rings. The highest BCUT2D eigenvalue weighted by atomic mass is 127. The summed E-state index contributed by atoms with van der Waals surface area (Å²) in [6.07, 6.45) is 3.90. The molecule has 142 valence electrons. The van der Waals surface area contributed by atoms with Crippen LogP contribution in [0.3, 0.4) is 0 Å². The number of hydrogen-bond donors (Lipinski definition) is 2.